The molecular weight excluding hydrogens is 365 g/mol. The first-order valence-corrected chi connectivity index (χ1v) is 6.03. The van der Waals surface area contributed by atoms with E-state index in [0.29, 0.717) is 23.2 Å². The van der Waals surface area contributed by atoms with E-state index in [9.17, 15) is 0 Å². The maximum Gasteiger partial charge on any atom is 0.227 e. The number of aromatic nitrogens is 2. The van der Waals surface area contributed by atoms with Crippen LogP contribution >= 0.6 is 37.2 Å². The minimum atomic E-state index is 0. The minimum Gasteiger partial charge on any atom is -0.493 e. The lowest BCUT2D eigenvalue weighted by atomic mass is 10.2. The molecule has 1 N–H and O–H groups in total. The predicted molar refractivity (Wildman–Crippen MR) is 97.9 cm³/mol. The van der Waals surface area contributed by atoms with Crippen LogP contribution in [0, 0.1) is 6.92 Å². The van der Waals surface area contributed by atoms with Crippen molar-refractivity contribution in [3.8, 4) is 17.2 Å². The Morgan fingerprint density at radius 3 is 1.70 bits per heavy atom. The Morgan fingerprint density at radius 2 is 1.30 bits per heavy atom. The van der Waals surface area contributed by atoms with Crippen LogP contribution < -0.4 is 19.5 Å². The van der Waals surface area contributed by atoms with E-state index in [1.54, 1.807) is 45.9 Å². The van der Waals surface area contributed by atoms with Crippen LogP contribution in [0.1, 0.15) is 5.56 Å². The van der Waals surface area contributed by atoms with Crippen LogP contribution in [0.2, 0.25) is 0 Å². The molecule has 0 saturated carbocycles. The smallest absolute Gasteiger partial charge is 0.227 e. The third-order valence-electron chi connectivity index (χ3n) is 2.70. The van der Waals surface area contributed by atoms with Crippen LogP contribution in [0.4, 0.5) is 11.6 Å². The number of hydrogen-bond acceptors (Lipinski definition) is 6. The average molecular weight is 385 g/mol. The topological polar surface area (TPSA) is 65.5 Å². The number of nitrogens with one attached hydrogen (secondary N) is 1. The third kappa shape index (κ3) is 5.82. The molecular formula is C14H20Cl3N3O3. The Morgan fingerprint density at radius 1 is 0.826 bits per heavy atom. The normalized spacial score (nSPS) is 8.70. The number of halogens is 3. The maximum atomic E-state index is 5.29. The monoisotopic (exact) mass is 383 g/mol. The average Bonchev–Trinajstić information content (AvgIpc) is 2.48. The molecule has 0 aliphatic carbocycles. The quantitative estimate of drug-likeness (QED) is 0.845. The molecule has 0 unspecified atom stereocenters. The zero-order valence-electron chi connectivity index (χ0n) is 13.2. The number of hydrogen-bond donors (Lipinski definition) is 1. The van der Waals surface area contributed by atoms with Crippen molar-refractivity contribution in [1.29, 1.82) is 0 Å². The number of anilines is 2. The van der Waals surface area contributed by atoms with Gasteiger partial charge in [0, 0.05) is 30.2 Å². The van der Waals surface area contributed by atoms with E-state index in [0.717, 1.165) is 11.3 Å². The summed E-state index contributed by atoms with van der Waals surface area (Å²) < 4.78 is 15.9. The van der Waals surface area contributed by atoms with Gasteiger partial charge in [-0.25, -0.2) is 9.97 Å². The Bertz CT molecular complexity index is 573. The van der Waals surface area contributed by atoms with Crippen LogP contribution in [-0.4, -0.2) is 31.3 Å². The third-order valence-corrected chi connectivity index (χ3v) is 2.70. The van der Waals surface area contributed by atoms with Gasteiger partial charge in [0.2, 0.25) is 11.7 Å². The fraction of sp³-hybridized carbons (Fsp3) is 0.286. The van der Waals surface area contributed by atoms with Gasteiger partial charge in [0.1, 0.15) is 0 Å². The molecule has 130 valence electrons. The summed E-state index contributed by atoms with van der Waals surface area (Å²) in [6.45, 7) is 1.93. The molecule has 1 aromatic carbocycles. The van der Waals surface area contributed by atoms with E-state index in [-0.39, 0.29) is 37.2 Å². The van der Waals surface area contributed by atoms with Crippen LogP contribution in [0.5, 0.6) is 17.2 Å². The van der Waals surface area contributed by atoms with Gasteiger partial charge >= 0.3 is 0 Å². The molecule has 0 bridgehead atoms. The van der Waals surface area contributed by atoms with Gasteiger partial charge in [-0.15, -0.1) is 37.2 Å². The van der Waals surface area contributed by atoms with Gasteiger partial charge in [-0.3, -0.25) is 0 Å². The molecule has 1 heterocycles. The molecule has 2 aromatic rings. The van der Waals surface area contributed by atoms with Gasteiger partial charge in [-0.05, 0) is 12.5 Å². The molecule has 0 fully saturated rings. The SMILES string of the molecule is COc1cc(Nc2ncc(C)cn2)cc(OC)c1OC.Cl.Cl.Cl. The molecule has 0 spiro atoms. The fourth-order valence-corrected chi connectivity index (χ4v) is 1.74. The molecule has 1 aromatic heterocycles. The maximum absolute atomic E-state index is 5.29. The molecule has 2 rings (SSSR count). The Labute approximate surface area is 154 Å². The van der Waals surface area contributed by atoms with Gasteiger partial charge in [0.25, 0.3) is 0 Å². The summed E-state index contributed by atoms with van der Waals surface area (Å²) in [5.74, 6) is 2.19. The standard InChI is InChI=1S/C14H17N3O3.3ClH/c1-9-7-15-14(16-8-9)17-10-5-11(18-2)13(20-4)12(6-10)19-3;;;/h5-8H,1-4H3,(H,15,16,17);3*1H. The van der Waals surface area contributed by atoms with E-state index in [1.807, 2.05) is 6.92 Å². The van der Waals surface area contributed by atoms with Crippen molar-refractivity contribution in [2.45, 2.75) is 6.92 Å². The Kier molecular flexibility index (Phi) is 11.3. The molecule has 0 radical (unpaired) electrons. The van der Waals surface area contributed by atoms with Crippen LogP contribution in [0.25, 0.3) is 0 Å². The largest absolute Gasteiger partial charge is 0.493 e. The lowest BCUT2D eigenvalue weighted by Crippen LogP contribution is -2.00. The van der Waals surface area contributed by atoms with E-state index in [4.69, 9.17) is 14.2 Å². The van der Waals surface area contributed by atoms with Crippen molar-refractivity contribution in [3.63, 3.8) is 0 Å². The first-order valence-electron chi connectivity index (χ1n) is 6.03. The molecule has 23 heavy (non-hydrogen) atoms. The highest BCUT2D eigenvalue weighted by molar-refractivity contribution is 5.86. The van der Waals surface area contributed by atoms with Gasteiger partial charge in [-0.1, -0.05) is 0 Å². The van der Waals surface area contributed by atoms with Crippen LogP contribution in [0.3, 0.4) is 0 Å². The van der Waals surface area contributed by atoms with E-state index < -0.39 is 0 Å². The van der Waals surface area contributed by atoms with E-state index >= 15 is 0 Å². The number of rotatable bonds is 5. The van der Waals surface area contributed by atoms with Crippen molar-refractivity contribution in [1.82, 2.24) is 9.97 Å². The minimum absolute atomic E-state index is 0. The van der Waals surface area contributed by atoms with Crippen molar-refractivity contribution in [2.24, 2.45) is 0 Å². The Balaban J connectivity index is 0. The van der Waals surface area contributed by atoms with Crippen molar-refractivity contribution in [2.75, 3.05) is 26.6 Å². The van der Waals surface area contributed by atoms with E-state index in [1.165, 1.54) is 0 Å². The highest BCUT2D eigenvalue weighted by Gasteiger charge is 2.13. The number of aryl methyl sites for hydroxylation is 1. The molecule has 0 aliphatic rings. The summed E-state index contributed by atoms with van der Waals surface area (Å²) in [5.41, 5.74) is 1.75. The second kappa shape index (κ2) is 11.0. The van der Waals surface area contributed by atoms with E-state index in [2.05, 4.69) is 15.3 Å². The van der Waals surface area contributed by atoms with Crippen LogP contribution in [0.15, 0.2) is 24.5 Å². The molecule has 9 heteroatoms. The van der Waals surface area contributed by atoms with Crippen LogP contribution in [-0.2, 0) is 0 Å². The molecule has 0 amide bonds. The second-order valence-corrected chi connectivity index (χ2v) is 4.12. The number of ether oxygens (including phenoxy) is 3. The molecule has 0 saturated heterocycles. The van der Waals surface area contributed by atoms with Gasteiger partial charge in [0.05, 0.1) is 21.3 Å². The highest BCUT2D eigenvalue weighted by Crippen LogP contribution is 2.40. The summed E-state index contributed by atoms with van der Waals surface area (Å²) in [6.07, 6.45) is 3.49. The number of benzene rings is 1. The van der Waals surface area contributed by atoms with Gasteiger partial charge in [0.15, 0.2) is 11.5 Å². The zero-order chi connectivity index (χ0) is 14.5. The van der Waals surface area contributed by atoms with Crippen molar-refractivity contribution in [3.05, 3.63) is 30.1 Å². The fourth-order valence-electron chi connectivity index (χ4n) is 1.74. The van der Waals surface area contributed by atoms with Gasteiger partial charge < -0.3 is 19.5 Å². The number of nitrogens with zero attached hydrogens (tertiary/aromatic N) is 2. The molecule has 0 aliphatic heterocycles. The van der Waals surface area contributed by atoms with Crippen molar-refractivity contribution < 1.29 is 14.2 Å². The predicted octanol–water partition coefficient (Wildman–Crippen LogP) is 3.82. The summed E-state index contributed by atoms with van der Waals surface area (Å²) in [5, 5.41) is 3.09. The summed E-state index contributed by atoms with van der Waals surface area (Å²) in [7, 11) is 4.71. The summed E-state index contributed by atoms with van der Waals surface area (Å²) in [4.78, 5) is 8.38. The highest BCUT2D eigenvalue weighted by atomic mass is 35.5. The molecule has 0 atom stereocenters. The van der Waals surface area contributed by atoms with Gasteiger partial charge in [-0.2, -0.15) is 0 Å². The second-order valence-electron chi connectivity index (χ2n) is 4.12. The first-order chi connectivity index (χ1) is 9.67. The lowest BCUT2D eigenvalue weighted by molar-refractivity contribution is 0.324. The summed E-state index contributed by atoms with van der Waals surface area (Å²) in [6, 6.07) is 3.59. The lowest BCUT2D eigenvalue weighted by Gasteiger charge is -2.14. The van der Waals surface area contributed by atoms with Crippen molar-refractivity contribution >= 4 is 48.9 Å². The molecule has 6 nitrogen and oxygen atoms in total. The zero-order valence-corrected chi connectivity index (χ0v) is 15.6. The Hall–Kier alpha value is -1.63. The number of methoxy groups -OCH3 is 3. The summed E-state index contributed by atoms with van der Waals surface area (Å²) >= 11 is 0. The first kappa shape index (κ1) is 23.6.